The van der Waals surface area contributed by atoms with Crippen molar-refractivity contribution in [2.75, 3.05) is 18.5 Å². The molecule has 152 valence electrons. The summed E-state index contributed by atoms with van der Waals surface area (Å²) in [6.07, 6.45) is 4.39. The molecule has 0 bridgehead atoms. The Balaban J connectivity index is 1.53. The Labute approximate surface area is 170 Å². The van der Waals surface area contributed by atoms with Crippen LogP contribution >= 0.6 is 11.3 Å². The molecule has 0 aromatic carbocycles. The minimum Gasteiger partial charge on any atom is -0.478 e. The molecule has 9 heteroatoms. The minimum atomic E-state index is -1.02. The Hall–Kier alpha value is -2.52. The number of carboxylic acids is 1. The summed E-state index contributed by atoms with van der Waals surface area (Å²) in [6.45, 7) is 3.30. The van der Waals surface area contributed by atoms with Crippen molar-refractivity contribution in [3.8, 4) is 11.5 Å². The van der Waals surface area contributed by atoms with E-state index in [4.69, 9.17) is 9.26 Å². The van der Waals surface area contributed by atoms with Crippen LogP contribution in [-0.4, -0.2) is 40.3 Å². The van der Waals surface area contributed by atoms with Crippen LogP contribution in [0.15, 0.2) is 15.7 Å². The number of fused-ring (bicyclic) bond motifs is 1. The molecule has 2 N–H and O–H groups in total. The van der Waals surface area contributed by atoms with E-state index >= 15 is 0 Å². The van der Waals surface area contributed by atoms with Crippen LogP contribution in [0, 0.1) is 12.3 Å². The largest absolute Gasteiger partial charge is 0.478 e. The topological polar surface area (TPSA) is 115 Å². The van der Waals surface area contributed by atoms with Gasteiger partial charge in [-0.15, -0.1) is 11.3 Å². The minimum absolute atomic E-state index is 0.200. The predicted octanol–water partition coefficient (Wildman–Crippen LogP) is 3.12. The molecule has 2 aromatic rings. The fraction of sp³-hybridized carbons (Fsp3) is 0.500. The number of anilines is 1. The molecule has 3 aliphatic rings. The smallest absolute Gasteiger partial charge is 0.332 e. The van der Waals surface area contributed by atoms with Gasteiger partial charge in [0.1, 0.15) is 5.00 Å². The maximum atomic E-state index is 12.9. The third kappa shape index (κ3) is 3.08. The summed E-state index contributed by atoms with van der Waals surface area (Å²) in [5, 5.41) is 16.9. The second kappa shape index (κ2) is 6.77. The molecule has 29 heavy (non-hydrogen) atoms. The van der Waals surface area contributed by atoms with Crippen LogP contribution in [0.1, 0.15) is 41.9 Å². The number of carboxylic acid groups (broad SMARTS) is 1. The quantitative estimate of drug-likeness (QED) is 0.788. The number of aromatic nitrogens is 2. The van der Waals surface area contributed by atoms with Gasteiger partial charge in [-0.3, -0.25) is 4.79 Å². The van der Waals surface area contributed by atoms with E-state index in [1.807, 2.05) is 0 Å². The number of amides is 1. The molecule has 0 unspecified atom stereocenters. The molecule has 1 spiro atoms. The maximum absolute atomic E-state index is 12.9. The Morgan fingerprint density at radius 3 is 2.66 bits per heavy atom. The number of aliphatic carboxylic acids is 1. The van der Waals surface area contributed by atoms with Gasteiger partial charge in [0.2, 0.25) is 0 Å². The number of rotatable bonds is 4. The second-order valence-electron chi connectivity index (χ2n) is 8.09. The molecule has 1 aliphatic heterocycles. The third-order valence-corrected chi connectivity index (χ3v) is 7.21. The Bertz CT molecular complexity index is 1050. The fourth-order valence-electron chi connectivity index (χ4n) is 4.50. The molecule has 1 fully saturated rings. The highest BCUT2D eigenvalue weighted by Gasteiger charge is 2.43. The standard InChI is InChI=1S/C20H21N3O5S/c1-10-21-17(28-23-10)15-13-5-6-20(8-27-9-20)7-14(13)29-18(15)22-16(24)11-3-2-4-12(11)19(25)26/h2-9H2,1H3,(H,22,24)(H,25,26). The molecule has 3 heterocycles. The molecule has 8 nitrogen and oxygen atoms in total. The van der Waals surface area contributed by atoms with Crippen LogP contribution in [-0.2, 0) is 27.2 Å². The second-order valence-corrected chi connectivity index (χ2v) is 9.20. The summed E-state index contributed by atoms with van der Waals surface area (Å²) in [4.78, 5) is 30.0. The van der Waals surface area contributed by atoms with Crippen LogP contribution in [0.5, 0.6) is 0 Å². The summed E-state index contributed by atoms with van der Waals surface area (Å²) >= 11 is 1.53. The van der Waals surface area contributed by atoms with E-state index in [-0.39, 0.29) is 16.9 Å². The summed E-state index contributed by atoms with van der Waals surface area (Å²) < 4.78 is 10.9. The van der Waals surface area contributed by atoms with E-state index in [1.54, 1.807) is 6.92 Å². The fourth-order valence-corrected chi connectivity index (χ4v) is 5.91. The van der Waals surface area contributed by atoms with Gasteiger partial charge < -0.3 is 19.7 Å². The van der Waals surface area contributed by atoms with Gasteiger partial charge in [-0.05, 0) is 51.0 Å². The van der Waals surface area contributed by atoms with Crippen molar-refractivity contribution in [3.05, 3.63) is 27.4 Å². The van der Waals surface area contributed by atoms with Gasteiger partial charge in [-0.2, -0.15) is 4.98 Å². The molecular formula is C20H21N3O5S. The van der Waals surface area contributed by atoms with Crippen molar-refractivity contribution >= 4 is 28.2 Å². The van der Waals surface area contributed by atoms with Crippen molar-refractivity contribution in [1.82, 2.24) is 10.1 Å². The number of carbonyl (C=O) groups excluding carboxylic acids is 1. The van der Waals surface area contributed by atoms with Crippen LogP contribution in [0.25, 0.3) is 11.5 Å². The van der Waals surface area contributed by atoms with Crippen LogP contribution < -0.4 is 5.32 Å². The summed E-state index contributed by atoms with van der Waals surface area (Å²) in [5.74, 6) is -0.436. The normalized spacial score (nSPS) is 19.9. The number of nitrogens with zero attached hydrogens (tertiary/aromatic N) is 2. The molecule has 2 aromatic heterocycles. The molecule has 1 saturated heterocycles. The molecule has 0 radical (unpaired) electrons. The summed E-state index contributed by atoms with van der Waals surface area (Å²) in [5.41, 5.74) is 2.70. The lowest BCUT2D eigenvalue weighted by Gasteiger charge is -2.44. The van der Waals surface area contributed by atoms with E-state index in [0.29, 0.717) is 41.6 Å². The first-order valence-corrected chi connectivity index (χ1v) is 10.6. The van der Waals surface area contributed by atoms with Crippen molar-refractivity contribution in [2.24, 2.45) is 5.41 Å². The number of ether oxygens (including phenoxy) is 1. The van der Waals surface area contributed by atoms with Crippen molar-refractivity contribution < 1.29 is 24.0 Å². The number of nitrogens with one attached hydrogen (secondary N) is 1. The first-order chi connectivity index (χ1) is 14.0. The van der Waals surface area contributed by atoms with Crippen LogP contribution in [0.4, 0.5) is 5.00 Å². The lowest BCUT2D eigenvalue weighted by molar-refractivity contribution is -0.133. The maximum Gasteiger partial charge on any atom is 0.332 e. The molecule has 2 aliphatic carbocycles. The van der Waals surface area contributed by atoms with Crippen molar-refractivity contribution in [3.63, 3.8) is 0 Å². The first kappa shape index (κ1) is 18.5. The average Bonchev–Trinajstić information content (AvgIpc) is 3.37. The zero-order valence-corrected chi connectivity index (χ0v) is 16.9. The van der Waals surface area contributed by atoms with Gasteiger partial charge in [0.05, 0.1) is 18.8 Å². The zero-order chi connectivity index (χ0) is 20.2. The van der Waals surface area contributed by atoms with E-state index < -0.39 is 5.97 Å². The molecular weight excluding hydrogens is 394 g/mol. The van der Waals surface area contributed by atoms with Gasteiger partial charge >= 0.3 is 5.97 Å². The SMILES string of the molecule is Cc1noc(-c2c(NC(=O)C3=C(C(=O)O)CCC3)sc3c2CCC2(COC2)C3)n1. The molecule has 0 atom stereocenters. The number of thiophene rings is 1. The Kier molecular flexibility index (Phi) is 4.32. The van der Waals surface area contributed by atoms with Gasteiger partial charge in [0, 0.05) is 21.4 Å². The van der Waals surface area contributed by atoms with E-state index in [0.717, 1.165) is 43.6 Å². The lowest BCUT2D eigenvalue weighted by atomic mass is 9.72. The van der Waals surface area contributed by atoms with Gasteiger partial charge in [-0.1, -0.05) is 5.16 Å². The number of carbonyl (C=O) groups is 2. The summed E-state index contributed by atoms with van der Waals surface area (Å²) in [6, 6.07) is 0. The van der Waals surface area contributed by atoms with Gasteiger partial charge in [-0.25, -0.2) is 4.79 Å². The Morgan fingerprint density at radius 2 is 2.00 bits per heavy atom. The third-order valence-electron chi connectivity index (χ3n) is 6.07. The van der Waals surface area contributed by atoms with Crippen molar-refractivity contribution in [2.45, 2.75) is 45.4 Å². The highest BCUT2D eigenvalue weighted by molar-refractivity contribution is 7.17. The van der Waals surface area contributed by atoms with Gasteiger partial charge in [0.25, 0.3) is 11.8 Å². The number of aryl methyl sites for hydroxylation is 1. The number of hydrogen-bond donors (Lipinski definition) is 2. The van der Waals surface area contributed by atoms with Crippen LogP contribution in [0.3, 0.4) is 0 Å². The van der Waals surface area contributed by atoms with E-state index in [1.165, 1.54) is 16.2 Å². The molecule has 0 saturated carbocycles. The zero-order valence-electron chi connectivity index (χ0n) is 16.0. The monoisotopic (exact) mass is 415 g/mol. The van der Waals surface area contributed by atoms with Gasteiger partial charge in [0.15, 0.2) is 5.82 Å². The number of hydrogen-bond acceptors (Lipinski definition) is 7. The Morgan fingerprint density at radius 1 is 1.21 bits per heavy atom. The predicted molar refractivity (Wildman–Crippen MR) is 105 cm³/mol. The van der Waals surface area contributed by atoms with Crippen molar-refractivity contribution in [1.29, 1.82) is 0 Å². The average molecular weight is 415 g/mol. The van der Waals surface area contributed by atoms with Crippen LogP contribution in [0.2, 0.25) is 0 Å². The lowest BCUT2D eigenvalue weighted by Crippen LogP contribution is -2.46. The summed E-state index contributed by atoms with van der Waals surface area (Å²) in [7, 11) is 0. The molecule has 5 rings (SSSR count). The van der Waals surface area contributed by atoms with E-state index in [2.05, 4.69) is 15.5 Å². The molecule has 1 amide bonds. The van der Waals surface area contributed by atoms with E-state index in [9.17, 15) is 14.7 Å². The first-order valence-electron chi connectivity index (χ1n) is 9.75. The highest BCUT2D eigenvalue weighted by Crippen LogP contribution is 2.50. The highest BCUT2D eigenvalue weighted by atomic mass is 32.1.